The van der Waals surface area contributed by atoms with E-state index < -0.39 is 11.9 Å². The highest BCUT2D eigenvalue weighted by molar-refractivity contribution is 6.05. The number of fused-ring (bicyclic) bond motifs is 2. The fraction of sp³-hybridized carbons (Fsp3) is 0.486. The molecule has 4 heteroatoms. The number of ether oxygens (including phenoxy) is 2. The molecule has 4 nitrogen and oxygen atoms in total. The van der Waals surface area contributed by atoms with E-state index in [9.17, 15) is 9.59 Å². The summed E-state index contributed by atoms with van der Waals surface area (Å²) in [5.41, 5.74) is 7.39. The third-order valence-electron chi connectivity index (χ3n) is 8.86. The lowest BCUT2D eigenvalue weighted by Crippen LogP contribution is -2.24. The summed E-state index contributed by atoms with van der Waals surface area (Å²) in [5, 5.41) is 0. The third-order valence-corrected chi connectivity index (χ3v) is 8.86. The summed E-state index contributed by atoms with van der Waals surface area (Å²) in [7, 11) is 0. The zero-order valence-electron chi connectivity index (χ0n) is 25.0. The molecule has 2 aliphatic carbocycles. The number of allylic oxidation sites excluding steroid dienone is 2. The van der Waals surface area contributed by atoms with Crippen molar-refractivity contribution in [2.24, 2.45) is 17.3 Å². The minimum Gasteiger partial charge on any atom is -0.423 e. The first-order valence-corrected chi connectivity index (χ1v) is 14.8. The second kappa shape index (κ2) is 11.5. The van der Waals surface area contributed by atoms with Crippen molar-refractivity contribution in [3.8, 4) is 11.5 Å². The molecule has 0 amide bonds. The van der Waals surface area contributed by atoms with Crippen molar-refractivity contribution in [2.45, 2.75) is 93.9 Å². The van der Waals surface area contributed by atoms with Gasteiger partial charge < -0.3 is 9.47 Å². The highest BCUT2D eigenvalue weighted by atomic mass is 16.5. The first-order chi connectivity index (χ1) is 18.6. The molecule has 2 atom stereocenters. The Bertz CT molecular complexity index is 1240. The predicted molar refractivity (Wildman–Crippen MR) is 157 cm³/mol. The Morgan fingerprint density at radius 3 is 1.31 bits per heavy atom. The van der Waals surface area contributed by atoms with Crippen LogP contribution >= 0.6 is 0 Å². The normalized spacial score (nSPS) is 19.1. The van der Waals surface area contributed by atoms with E-state index in [-0.39, 0.29) is 17.3 Å². The second-order valence-corrected chi connectivity index (χ2v) is 11.4. The molecule has 0 heterocycles. The fourth-order valence-electron chi connectivity index (χ4n) is 6.52. The molecule has 0 saturated carbocycles. The number of aryl methyl sites for hydroxylation is 4. The second-order valence-electron chi connectivity index (χ2n) is 11.4. The maximum absolute atomic E-state index is 13.9. The molecule has 2 unspecified atom stereocenters. The van der Waals surface area contributed by atoms with E-state index in [2.05, 4.69) is 79.7 Å². The average Bonchev–Trinajstić information content (AvgIpc) is 3.36. The van der Waals surface area contributed by atoms with E-state index in [4.69, 9.17) is 9.47 Å². The molecule has 2 aromatic rings. The van der Waals surface area contributed by atoms with Crippen molar-refractivity contribution in [1.29, 1.82) is 0 Å². The Hall–Kier alpha value is -3.14. The van der Waals surface area contributed by atoms with Crippen molar-refractivity contribution < 1.29 is 19.1 Å². The van der Waals surface area contributed by atoms with Crippen molar-refractivity contribution in [3.63, 3.8) is 0 Å². The van der Waals surface area contributed by atoms with Crippen molar-refractivity contribution in [3.05, 3.63) is 80.9 Å². The molecule has 208 valence electrons. The lowest BCUT2D eigenvalue weighted by atomic mass is 9.77. The van der Waals surface area contributed by atoms with Crippen molar-refractivity contribution in [2.75, 3.05) is 0 Å². The maximum atomic E-state index is 13.9. The van der Waals surface area contributed by atoms with Crippen LogP contribution in [0.3, 0.4) is 0 Å². The van der Waals surface area contributed by atoms with E-state index in [1.165, 1.54) is 11.1 Å². The molecule has 2 bridgehead atoms. The van der Waals surface area contributed by atoms with Crippen LogP contribution in [0, 0.1) is 17.3 Å². The Morgan fingerprint density at radius 1 is 0.615 bits per heavy atom. The van der Waals surface area contributed by atoms with Gasteiger partial charge in [-0.3, -0.25) is 0 Å². The minimum atomic E-state index is -0.441. The zero-order chi connectivity index (χ0) is 28.5. The summed E-state index contributed by atoms with van der Waals surface area (Å²) in [6.07, 6.45) is 9.13. The van der Waals surface area contributed by atoms with E-state index in [1.54, 1.807) is 0 Å². The molecule has 39 heavy (non-hydrogen) atoms. The number of rotatable bonds is 10. The average molecular weight is 529 g/mol. The zero-order valence-corrected chi connectivity index (χ0v) is 25.0. The predicted octanol–water partition coefficient (Wildman–Crippen LogP) is 7.71. The molecule has 0 aliphatic heterocycles. The Kier molecular flexibility index (Phi) is 8.54. The van der Waals surface area contributed by atoms with Crippen LogP contribution in [0.4, 0.5) is 0 Å². The Balaban J connectivity index is 1.76. The van der Waals surface area contributed by atoms with Gasteiger partial charge in [-0.25, -0.2) is 9.59 Å². The molecule has 0 N–H and O–H groups in total. The van der Waals surface area contributed by atoms with E-state index >= 15 is 0 Å². The lowest BCUT2D eigenvalue weighted by Gasteiger charge is -2.26. The summed E-state index contributed by atoms with van der Waals surface area (Å²) < 4.78 is 12.3. The van der Waals surface area contributed by atoms with Crippen molar-refractivity contribution in [1.82, 2.24) is 0 Å². The van der Waals surface area contributed by atoms with Crippen LogP contribution in [0.25, 0.3) is 0 Å². The van der Waals surface area contributed by atoms with Gasteiger partial charge in [-0.2, -0.15) is 0 Å². The molecule has 0 spiro atoms. The van der Waals surface area contributed by atoms with Gasteiger partial charge in [0.1, 0.15) is 11.5 Å². The summed E-state index contributed by atoms with van der Waals surface area (Å²) >= 11 is 0. The summed E-state index contributed by atoms with van der Waals surface area (Å²) in [4.78, 5) is 27.9. The van der Waals surface area contributed by atoms with Crippen LogP contribution in [0.1, 0.15) is 88.8 Å². The first kappa shape index (κ1) is 28.9. The van der Waals surface area contributed by atoms with E-state index in [0.717, 1.165) is 60.8 Å². The quantitative estimate of drug-likeness (QED) is 0.180. The minimum absolute atomic E-state index is 0.193. The molecular weight excluding hydrogens is 484 g/mol. The largest absolute Gasteiger partial charge is 0.423 e. The van der Waals surface area contributed by atoms with Gasteiger partial charge in [0, 0.05) is 11.8 Å². The van der Waals surface area contributed by atoms with Gasteiger partial charge in [-0.1, -0.05) is 79.7 Å². The highest BCUT2D eigenvalue weighted by Crippen LogP contribution is 2.57. The monoisotopic (exact) mass is 528 g/mol. The Morgan fingerprint density at radius 2 is 1.00 bits per heavy atom. The summed E-state index contributed by atoms with van der Waals surface area (Å²) in [5.74, 6) is -0.0452. The van der Waals surface area contributed by atoms with Gasteiger partial charge in [0.2, 0.25) is 0 Å². The number of hydrogen-bond donors (Lipinski definition) is 0. The molecule has 0 radical (unpaired) electrons. The number of carbonyl (C=O) groups excluding carboxylic acids is 2. The Labute approximate surface area is 234 Å². The molecule has 4 rings (SSSR count). The molecular formula is C35H44O4. The van der Waals surface area contributed by atoms with Gasteiger partial charge in [-0.15, -0.1) is 0 Å². The SMILES string of the molecule is CCc1cc(CC)c(CC)c(OC(=O)C2=C(C(=O)Oc3cc(CC)cc(CC)c3CC)C3C=CC2C3(C)C)c1. The fourth-order valence-corrected chi connectivity index (χ4v) is 6.52. The lowest BCUT2D eigenvalue weighted by molar-refractivity contribution is -0.133. The number of esters is 2. The molecule has 0 saturated heterocycles. The van der Waals surface area contributed by atoms with Crippen LogP contribution in [0.15, 0.2) is 47.6 Å². The summed E-state index contributed by atoms with van der Waals surface area (Å²) in [6, 6.07) is 8.39. The first-order valence-electron chi connectivity index (χ1n) is 14.8. The van der Waals surface area contributed by atoms with E-state index in [0.29, 0.717) is 22.6 Å². The topological polar surface area (TPSA) is 52.6 Å². The number of carbonyl (C=O) groups is 2. The standard InChI is InChI=1S/C35H44O4/c1-9-21-17-23(11-3)25(13-5)29(19-21)38-33(36)31-27-15-16-28(35(27,7)8)32(31)34(37)39-30-20-22(10-2)18-24(12-4)26(30)14-6/h15-20,27-28H,9-14H2,1-8H3. The van der Waals surface area contributed by atoms with Gasteiger partial charge >= 0.3 is 11.9 Å². The summed E-state index contributed by atoms with van der Waals surface area (Å²) in [6.45, 7) is 16.9. The van der Waals surface area contributed by atoms with Crippen LogP contribution in [0.5, 0.6) is 11.5 Å². The molecule has 0 fully saturated rings. The van der Waals surface area contributed by atoms with Gasteiger partial charge in [0.15, 0.2) is 0 Å². The van der Waals surface area contributed by atoms with Gasteiger partial charge in [-0.05, 0) is 89.5 Å². The van der Waals surface area contributed by atoms with Crippen molar-refractivity contribution >= 4 is 11.9 Å². The number of hydrogen-bond acceptors (Lipinski definition) is 4. The molecule has 0 aromatic heterocycles. The van der Waals surface area contributed by atoms with E-state index in [1.807, 2.05) is 12.1 Å². The van der Waals surface area contributed by atoms with Crippen LogP contribution in [-0.2, 0) is 48.1 Å². The molecule has 2 aliphatic rings. The third kappa shape index (κ3) is 5.11. The molecule has 2 aromatic carbocycles. The van der Waals surface area contributed by atoms with Crippen LogP contribution in [-0.4, -0.2) is 11.9 Å². The van der Waals surface area contributed by atoms with Crippen LogP contribution < -0.4 is 9.47 Å². The van der Waals surface area contributed by atoms with Gasteiger partial charge in [0.25, 0.3) is 0 Å². The van der Waals surface area contributed by atoms with Crippen LogP contribution in [0.2, 0.25) is 0 Å². The highest BCUT2D eigenvalue weighted by Gasteiger charge is 2.55. The van der Waals surface area contributed by atoms with Gasteiger partial charge in [0.05, 0.1) is 11.1 Å². The number of benzene rings is 2. The maximum Gasteiger partial charge on any atom is 0.340 e. The smallest absolute Gasteiger partial charge is 0.340 e.